The number of rotatable bonds is 6. The molecule has 1 saturated heterocycles. The Morgan fingerprint density at radius 2 is 1.84 bits per heavy atom. The highest BCUT2D eigenvalue weighted by Gasteiger charge is 2.37. The molecule has 0 unspecified atom stereocenters. The number of nitrogens with zero attached hydrogens (tertiary/aromatic N) is 2. The molecule has 1 fully saturated rings. The first-order valence-corrected chi connectivity index (χ1v) is 14.4. The molecule has 2 amide bonds. The SMILES string of the molecule is CC1(C)CCC(C)(C)c2cc(-c3csc(C4CCN(C(=O)CNC(=O)/C=C\c5ccco5)CC4)n3)ccc21. The molecule has 0 radical (unpaired) electrons. The smallest absolute Gasteiger partial charge is 0.244 e. The van der Waals surface area contributed by atoms with Crippen molar-refractivity contribution in [2.24, 2.45) is 0 Å². The Kier molecular flexibility index (Phi) is 7.32. The van der Waals surface area contributed by atoms with E-state index < -0.39 is 0 Å². The van der Waals surface area contributed by atoms with Gasteiger partial charge in [0.1, 0.15) is 5.76 Å². The van der Waals surface area contributed by atoms with Crippen LogP contribution >= 0.6 is 11.3 Å². The van der Waals surface area contributed by atoms with Crippen molar-refractivity contribution in [1.82, 2.24) is 15.2 Å². The zero-order chi connectivity index (χ0) is 26.9. The highest BCUT2D eigenvalue weighted by atomic mass is 32.1. The number of hydrogen-bond acceptors (Lipinski definition) is 5. The predicted molar refractivity (Wildman–Crippen MR) is 152 cm³/mol. The van der Waals surface area contributed by atoms with Crippen LogP contribution in [0, 0.1) is 0 Å². The summed E-state index contributed by atoms with van der Waals surface area (Å²) in [6.07, 6.45) is 8.69. The highest BCUT2D eigenvalue weighted by molar-refractivity contribution is 7.10. The van der Waals surface area contributed by atoms with E-state index in [4.69, 9.17) is 9.40 Å². The van der Waals surface area contributed by atoms with Crippen molar-refractivity contribution in [1.29, 1.82) is 0 Å². The minimum Gasteiger partial charge on any atom is -0.465 e. The maximum Gasteiger partial charge on any atom is 0.244 e. The van der Waals surface area contributed by atoms with E-state index in [1.807, 2.05) is 4.90 Å². The minimum atomic E-state index is -0.311. The lowest BCUT2D eigenvalue weighted by molar-refractivity contribution is -0.133. The van der Waals surface area contributed by atoms with Crippen LogP contribution in [0.15, 0.2) is 52.5 Å². The number of carbonyl (C=O) groups is 2. The standard InChI is InChI=1S/C31H37N3O3S/c1-30(2)13-14-31(3,4)25-18-22(7-9-24(25)30)26-20-38-29(33-26)21-11-15-34(16-12-21)28(36)19-32-27(35)10-8-23-6-5-17-37-23/h5-10,17-18,20-21H,11-16,19H2,1-4H3,(H,32,35)/b10-8-. The monoisotopic (exact) mass is 531 g/mol. The molecule has 1 aromatic carbocycles. The Labute approximate surface area is 229 Å². The molecule has 38 heavy (non-hydrogen) atoms. The Hall–Kier alpha value is -3.19. The first-order valence-electron chi connectivity index (χ1n) is 13.5. The minimum absolute atomic E-state index is 0.00111. The van der Waals surface area contributed by atoms with Gasteiger partial charge >= 0.3 is 0 Å². The van der Waals surface area contributed by atoms with Gasteiger partial charge in [0.05, 0.1) is 23.5 Å². The van der Waals surface area contributed by atoms with Crippen LogP contribution in [0.2, 0.25) is 0 Å². The van der Waals surface area contributed by atoms with E-state index >= 15 is 0 Å². The third-order valence-corrected chi connectivity index (χ3v) is 9.23. The van der Waals surface area contributed by atoms with Crippen molar-refractivity contribution in [3.05, 3.63) is 69.9 Å². The van der Waals surface area contributed by atoms with E-state index in [0.717, 1.165) is 23.5 Å². The van der Waals surface area contributed by atoms with Gasteiger partial charge in [0.25, 0.3) is 0 Å². The largest absolute Gasteiger partial charge is 0.465 e. The zero-order valence-electron chi connectivity index (χ0n) is 22.8. The molecule has 1 aliphatic heterocycles. The average molecular weight is 532 g/mol. The number of nitrogens with one attached hydrogen (secondary N) is 1. The fourth-order valence-electron chi connectivity index (χ4n) is 5.61. The summed E-state index contributed by atoms with van der Waals surface area (Å²) in [4.78, 5) is 31.5. The maximum atomic E-state index is 12.6. The summed E-state index contributed by atoms with van der Waals surface area (Å²) >= 11 is 1.73. The van der Waals surface area contributed by atoms with Crippen molar-refractivity contribution >= 4 is 29.2 Å². The average Bonchev–Trinajstić information content (AvgIpc) is 3.61. The fourth-order valence-corrected chi connectivity index (χ4v) is 6.61. The van der Waals surface area contributed by atoms with Crippen molar-refractivity contribution in [2.45, 2.75) is 70.1 Å². The molecule has 0 spiro atoms. The Morgan fingerprint density at radius 1 is 1.11 bits per heavy atom. The second-order valence-electron chi connectivity index (χ2n) is 11.8. The molecule has 3 heterocycles. The number of likely N-dealkylation sites (tertiary alicyclic amines) is 1. The number of fused-ring (bicyclic) bond motifs is 1. The topological polar surface area (TPSA) is 75.4 Å². The van der Waals surface area contributed by atoms with E-state index in [0.29, 0.717) is 24.8 Å². The van der Waals surface area contributed by atoms with E-state index in [1.165, 1.54) is 35.6 Å². The lowest BCUT2D eigenvalue weighted by Crippen LogP contribution is -2.43. The van der Waals surface area contributed by atoms with E-state index in [-0.39, 0.29) is 29.2 Å². The number of thiazole rings is 1. The number of amides is 2. The van der Waals surface area contributed by atoms with Crippen LogP contribution in [0.4, 0.5) is 0 Å². The molecule has 6 nitrogen and oxygen atoms in total. The first-order chi connectivity index (χ1) is 18.1. The Bertz CT molecular complexity index is 1330. The molecule has 0 atom stereocenters. The fraction of sp³-hybridized carbons (Fsp3) is 0.452. The van der Waals surface area contributed by atoms with Crippen LogP contribution in [0.25, 0.3) is 17.3 Å². The predicted octanol–water partition coefficient (Wildman–Crippen LogP) is 6.29. The molecule has 0 saturated carbocycles. The second kappa shape index (κ2) is 10.5. The molecule has 2 aliphatic rings. The number of benzene rings is 1. The molecule has 3 aromatic rings. The second-order valence-corrected chi connectivity index (χ2v) is 12.7. The lowest BCUT2D eigenvalue weighted by Gasteiger charge is -2.42. The van der Waals surface area contributed by atoms with Gasteiger partial charge in [-0.3, -0.25) is 9.59 Å². The van der Waals surface area contributed by atoms with E-state index in [1.54, 1.807) is 35.8 Å². The van der Waals surface area contributed by atoms with Gasteiger partial charge in [-0.05, 0) is 71.9 Å². The summed E-state index contributed by atoms with van der Waals surface area (Å²) < 4.78 is 5.17. The summed E-state index contributed by atoms with van der Waals surface area (Å²) in [5.41, 5.74) is 5.55. The quantitative estimate of drug-likeness (QED) is 0.380. The van der Waals surface area contributed by atoms with Gasteiger partial charge in [0, 0.05) is 36.0 Å². The summed E-state index contributed by atoms with van der Waals surface area (Å²) in [7, 11) is 0. The summed E-state index contributed by atoms with van der Waals surface area (Å²) in [5.74, 6) is 0.589. The molecular weight excluding hydrogens is 494 g/mol. The molecular formula is C31H37N3O3S. The van der Waals surface area contributed by atoms with Gasteiger partial charge in [-0.15, -0.1) is 11.3 Å². The Morgan fingerprint density at radius 3 is 2.55 bits per heavy atom. The van der Waals surface area contributed by atoms with Gasteiger partial charge in [-0.1, -0.05) is 39.8 Å². The lowest BCUT2D eigenvalue weighted by atomic mass is 9.63. The number of aromatic nitrogens is 1. The molecule has 0 bridgehead atoms. The van der Waals surface area contributed by atoms with E-state index in [9.17, 15) is 9.59 Å². The number of piperidine rings is 1. The normalized spacial score (nSPS) is 18.9. The summed E-state index contributed by atoms with van der Waals surface area (Å²) in [6.45, 7) is 10.8. The third-order valence-electron chi connectivity index (χ3n) is 8.22. The summed E-state index contributed by atoms with van der Waals surface area (Å²) in [5, 5.41) is 6.01. The van der Waals surface area contributed by atoms with Gasteiger partial charge in [-0.2, -0.15) is 0 Å². The third kappa shape index (κ3) is 5.63. The molecule has 200 valence electrons. The molecule has 5 rings (SSSR count). The number of furan rings is 1. The maximum absolute atomic E-state index is 12.6. The molecule has 1 aliphatic carbocycles. The van der Waals surface area contributed by atoms with Gasteiger partial charge in [-0.25, -0.2) is 4.98 Å². The van der Waals surface area contributed by atoms with Gasteiger partial charge in [0.15, 0.2) is 0 Å². The van der Waals surface area contributed by atoms with Crippen LogP contribution < -0.4 is 5.32 Å². The Balaban J connectivity index is 1.17. The summed E-state index contributed by atoms with van der Waals surface area (Å²) in [6, 6.07) is 10.4. The van der Waals surface area contributed by atoms with Crippen LogP contribution in [0.5, 0.6) is 0 Å². The van der Waals surface area contributed by atoms with Crippen LogP contribution in [-0.4, -0.2) is 41.3 Å². The van der Waals surface area contributed by atoms with Gasteiger partial charge in [0.2, 0.25) is 11.8 Å². The molecule has 1 N–H and O–H groups in total. The molecule has 2 aromatic heterocycles. The van der Waals surface area contributed by atoms with Gasteiger partial charge < -0.3 is 14.6 Å². The van der Waals surface area contributed by atoms with Crippen molar-refractivity contribution < 1.29 is 14.0 Å². The van der Waals surface area contributed by atoms with Crippen LogP contribution in [0.1, 0.15) is 81.2 Å². The van der Waals surface area contributed by atoms with Crippen molar-refractivity contribution in [2.75, 3.05) is 19.6 Å². The zero-order valence-corrected chi connectivity index (χ0v) is 23.6. The first kappa shape index (κ1) is 26.4. The highest BCUT2D eigenvalue weighted by Crippen LogP contribution is 2.47. The number of carbonyl (C=O) groups excluding carboxylic acids is 2. The van der Waals surface area contributed by atoms with Crippen LogP contribution in [0.3, 0.4) is 0 Å². The van der Waals surface area contributed by atoms with Crippen molar-refractivity contribution in [3.63, 3.8) is 0 Å². The number of hydrogen-bond donors (Lipinski definition) is 1. The van der Waals surface area contributed by atoms with E-state index in [2.05, 4.69) is 56.6 Å². The van der Waals surface area contributed by atoms with Crippen molar-refractivity contribution in [3.8, 4) is 11.3 Å². The van der Waals surface area contributed by atoms with Crippen LogP contribution in [-0.2, 0) is 20.4 Å². The molecule has 7 heteroatoms.